The van der Waals surface area contributed by atoms with Crippen LogP contribution < -0.4 is 14.8 Å². The Morgan fingerprint density at radius 1 is 1.11 bits per heavy atom. The molecule has 11 heteroatoms. The second kappa shape index (κ2) is 9.78. The fraction of sp³-hybridized carbons (Fsp3) is 0.240. The maximum atomic E-state index is 12.9. The molecule has 184 valence electrons. The van der Waals surface area contributed by atoms with Gasteiger partial charge >= 0.3 is 0 Å². The lowest BCUT2D eigenvalue weighted by molar-refractivity contribution is -0.132. The van der Waals surface area contributed by atoms with Gasteiger partial charge in [-0.15, -0.1) is 11.3 Å². The lowest BCUT2D eigenvalue weighted by atomic mass is 10.1. The highest BCUT2D eigenvalue weighted by Gasteiger charge is 2.31. The van der Waals surface area contributed by atoms with Crippen LogP contribution in [0.1, 0.15) is 22.6 Å². The zero-order valence-corrected chi connectivity index (χ0v) is 20.8. The Hall–Kier alpha value is -4.25. The van der Waals surface area contributed by atoms with E-state index in [1.165, 1.54) is 11.3 Å². The second-order valence-electron chi connectivity index (χ2n) is 8.37. The maximum absolute atomic E-state index is 12.9. The molecule has 1 atom stereocenters. The molecule has 3 heterocycles. The number of likely N-dealkylation sites (N-methyl/N-ethyl adjacent to an activating group) is 1. The number of anilines is 1. The van der Waals surface area contributed by atoms with Gasteiger partial charge in [0.2, 0.25) is 0 Å². The molecule has 2 amide bonds. The molecule has 1 aliphatic rings. The third kappa shape index (κ3) is 5.05. The van der Waals surface area contributed by atoms with Crippen LogP contribution >= 0.6 is 11.3 Å². The van der Waals surface area contributed by atoms with Gasteiger partial charge in [0.15, 0.2) is 17.1 Å². The monoisotopic (exact) mass is 504 g/mol. The number of hydrogen-bond donors (Lipinski definition) is 1. The quantitative estimate of drug-likeness (QED) is 0.406. The average molecular weight is 505 g/mol. The van der Waals surface area contributed by atoms with Gasteiger partial charge in [-0.25, -0.2) is 14.6 Å². The summed E-state index contributed by atoms with van der Waals surface area (Å²) in [6.45, 7) is 2.46. The predicted octanol–water partition coefficient (Wildman–Crippen LogP) is 3.90. The standard InChI is InChI=1S/C25H24N6O4S/c1-15-27-22(31(3)29-15)16-4-6-18(7-5-16)34-19-12-17(23(32)28-25-26-9-11-36-25)13-20(14-19)35-21-8-10-30(2)24(21)33/h4-7,9,11-14,21H,8,10H2,1-3H3,(H,26,28,32). The van der Waals surface area contributed by atoms with Crippen LogP contribution in [0.15, 0.2) is 54.0 Å². The Balaban J connectivity index is 1.40. The number of amides is 2. The first kappa shape index (κ1) is 23.5. The van der Waals surface area contributed by atoms with E-state index in [4.69, 9.17) is 9.47 Å². The molecule has 0 spiro atoms. The van der Waals surface area contributed by atoms with E-state index in [0.717, 1.165) is 11.4 Å². The summed E-state index contributed by atoms with van der Waals surface area (Å²) in [4.78, 5) is 35.4. The van der Waals surface area contributed by atoms with Crippen LogP contribution in [0.4, 0.5) is 5.13 Å². The number of nitrogens with zero attached hydrogens (tertiary/aromatic N) is 5. The maximum Gasteiger partial charge on any atom is 0.263 e. The van der Waals surface area contributed by atoms with Crippen molar-refractivity contribution in [1.29, 1.82) is 0 Å². The van der Waals surface area contributed by atoms with Crippen molar-refractivity contribution in [3.05, 3.63) is 65.4 Å². The van der Waals surface area contributed by atoms with Crippen molar-refractivity contribution in [3.8, 4) is 28.6 Å². The molecule has 10 nitrogen and oxygen atoms in total. The largest absolute Gasteiger partial charge is 0.480 e. The first-order chi connectivity index (χ1) is 17.4. The first-order valence-electron chi connectivity index (χ1n) is 11.3. The van der Waals surface area contributed by atoms with Crippen molar-refractivity contribution in [2.75, 3.05) is 18.9 Å². The molecule has 0 saturated carbocycles. The van der Waals surface area contributed by atoms with Gasteiger partial charge in [-0.05, 0) is 43.3 Å². The number of aryl methyl sites for hydroxylation is 2. The molecule has 0 radical (unpaired) electrons. The van der Waals surface area contributed by atoms with Gasteiger partial charge in [-0.1, -0.05) is 0 Å². The number of benzene rings is 2. The second-order valence-corrected chi connectivity index (χ2v) is 9.27. The molecule has 0 aliphatic carbocycles. The van der Waals surface area contributed by atoms with Crippen LogP contribution in [0.5, 0.6) is 17.2 Å². The summed E-state index contributed by atoms with van der Waals surface area (Å²) in [6.07, 6.45) is 1.58. The van der Waals surface area contributed by atoms with Gasteiger partial charge in [0.1, 0.15) is 23.1 Å². The summed E-state index contributed by atoms with van der Waals surface area (Å²) in [6, 6.07) is 12.3. The molecule has 1 fully saturated rings. The number of ether oxygens (including phenoxy) is 2. The van der Waals surface area contributed by atoms with E-state index in [0.29, 0.717) is 46.7 Å². The van der Waals surface area contributed by atoms with Gasteiger partial charge in [-0.3, -0.25) is 14.9 Å². The molecule has 36 heavy (non-hydrogen) atoms. The van der Waals surface area contributed by atoms with Crippen molar-refractivity contribution in [3.63, 3.8) is 0 Å². The summed E-state index contributed by atoms with van der Waals surface area (Å²) < 4.78 is 13.8. The first-order valence-corrected chi connectivity index (χ1v) is 12.2. The van der Waals surface area contributed by atoms with Crippen LogP contribution in [0.3, 0.4) is 0 Å². The van der Waals surface area contributed by atoms with Crippen LogP contribution in [0, 0.1) is 6.92 Å². The Morgan fingerprint density at radius 2 is 1.89 bits per heavy atom. The van der Waals surface area contributed by atoms with E-state index < -0.39 is 6.10 Å². The van der Waals surface area contributed by atoms with E-state index in [2.05, 4.69) is 20.4 Å². The highest BCUT2D eigenvalue weighted by atomic mass is 32.1. The molecular formula is C25H24N6O4S. The molecular weight excluding hydrogens is 480 g/mol. The Labute approximate surface area is 211 Å². The van der Waals surface area contributed by atoms with Crippen molar-refractivity contribution >= 4 is 28.3 Å². The molecule has 1 unspecified atom stereocenters. The average Bonchev–Trinajstić information content (AvgIpc) is 3.57. The Morgan fingerprint density at radius 3 is 2.53 bits per heavy atom. The fourth-order valence-electron chi connectivity index (χ4n) is 3.92. The van der Waals surface area contributed by atoms with E-state index in [1.807, 2.05) is 38.2 Å². The fourth-order valence-corrected chi connectivity index (χ4v) is 4.44. The van der Waals surface area contributed by atoms with Gasteiger partial charge in [0.05, 0.1) is 0 Å². The van der Waals surface area contributed by atoms with Crippen molar-refractivity contribution in [2.45, 2.75) is 19.4 Å². The number of carbonyl (C=O) groups excluding carboxylic acids is 2. The minimum atomic E-state index is -0.603. The number of hydrogen-bond acceptors (Lipinski definition) is 8. The van der Waals surface area contributed by atoms with Crippen LogP contribution in [0.25, 0.3) is 11.4 Å². The van der Waals surface area contributed by atoms with Crippen LogP contribution in [-0.2, 0) is 11.8 Å². The smallest absolute Gasteiger partial charge is 0.263 e. The molecule has 1 saturated heterocycles. The van der Waals surface area contributed by atoms with Crippen LogP contribution in [0.2, 0.25) is 0 Å². The number of likely N-dealkylation sites (tertiary alicyclic amines) is 1. The number of carbonyl (C=O) groups is 2. The number of thiazole rings is 1. The van der Waals surface area contributed by atoms with Crippen molar-refractivity contribution < 1.29 is 19.1 Å². The number of aromatic nitrogens is 4. The SMILES string of the molecule is Cc1nc(-c2ccc(Oc3cc(OC4CCN(C)C4=O)cc(C(=O)Nc4nccs4)c3)cc2)n(C)n1. The highest BCUT2D eigenvalue weighted by Crippen LogP contribution is 2.31. The minimum absolute atomic E-state index is 0.0929. The van der Waals surface area contributed by atoms with E-state index in [1.54, 1.807) is 46.4 Å². The lowest BCUT2D eigenvalue weighted by Crippen LogP contribution is -2.29. The number of nitrogens with one attached hydrogen (secondary N) is 1. The van der Waals surface area contributed by atoms with Gasteiger partial charge in [-0.2, -0.15) is 5.10 Å². The molecule has 5 rings (SSSR count). The molecule has 4 aromatic rings. The lowest BCUT2D eigenvalue weighted by Gasteiger charge is -2.15. The van der Waals surface area contributed by atoms with E-state index in [9.17, 15) is 9.59 Å². The van der Waals surface area contributed by atoms with E-state index >= 15 is 0 Å². The molecule has 0 bridgehead atoms. The van der Waals surface area contributed by atoms with Gasteiger partial charge in [0.25, 0.3) is 11.8 Å². The van der Waals surface area contributed by atoms with Crippen molar-refractivity contribution in [1.82, 2.24) is 24.6 Å². The zero-order chi connectivity index (χ0) is 25.2. The topological polar surface area (TPSA) is 111 Å². The molecule has 2 aromatic carbocycles. The van der Waals surface area contributed by atoms with Crippen LogP contribution in [-0.4, -0.2) is 56.2 Å². The molecule has 1 N–H and O–H groups in total. The Kier molecular flexibility index (Phi) is 6.38. The molecule has 2 aromatic heterocycles. The van der Waals surface area contributed by atoms with E-state index in [-0.39, 0.29) is 11.8 Å². The number of rotatable bonds is 7. The zero-order valence-electron chi connectivity index (χ0n) is 20.0. The summed E-state index contributed by atoms with van der Waals surface area (Å²) >= 11 is 1.32. The molecule has 1 aliphatic heterocycles. The predicted molar refractivity (Wildman–Crippen MR) is 134 cm³/mol. The summed E-state index contributed by atoms with van der Waals surface area (Å²) in [7, 11) is 3.58. The summed E-state index contributed by atoms with van der Waals surface area (Å²) in [5, 5.41) is 9.31. The van der Waals surface area contributed by atoms with Crippen molar-refractivity contribution in [2.24, 2.45) is 7.05 Å². The Bertz CT molecular complexity index is 1400. The summed E-state index contributed by atoms with van der Waals surface area (Å²) in [5.41, 5.74) is 1.22. The van der Waals surface area contributed by atoms with Gasteiger partial charge < -0.3 is 14.4 Å². The normalized spacial score (nSPS) is 15.2. The van der Waals surface area contributed by atoms with Gasteiger partial charge in [0, 0.05) is 55.8 Å². The minimum Gasteiger partial charge on any atom is -0.480 e. The third-order valence-electron chi connectivity index (χ3n) is 5.67. The summed E-state index contributed by atoms with van der Waals surface area (Å²) in [5.74, 6) is 2.34. The highest BCUT2D eigenvalue weighted by molar-refractivity contribution is 7.13. The third-order valence-corrected chi connectivity index (χ3v) is 6.36.